The molecule has 8 nitrogen and oxygen atoms in total. The number of piperidine rings is 1. The molecule has 0 bridgehead atoms. The van der Waals surface area contributed by atoms with Crippen molar-refractivity contribution >= 4 is 33.4 Å². The summed E-state index contributed by atoms with van der Waals surface area (Å²) >= 11 is 0. The number of likely N-dealkylation sites (tertiary alicyclic amines) is 2. The van der Waals surface area contributed by atoms with E-state index in [-0.39, 0.29) is 16.7 Å². The highest BCUT2D eigenvalue weighted by atomic mass is 32.2. The third-order valence-electron chi connectivity index (χ3n) is 5.89. The molecule has 0 aromatic heterocycles. The van der Waals surface area contributed by atoms with Crippen LogP contribution in [0.3, 0.4) is 0 Å². The van der Waals surface area contributed by atoms with E-state index in [1.54, 1.807) is 24.0 Å². The predicted molar refractivity (Wildman–Crippen MR) is 120 cm³/mol. The lowest BCUT2D eigenvalue weighted by atomic mass is 10.0. The van der Waals surface area contributed by atoms with Gasteiger partial charge in [-0.3, -0.25) is 9.59 Å². The van der Waals surface area contributed by atoms with Crippen LogP contribution in [0.2, 0.25) is 0 Å². The fourth-order valence-corrected chi connectivity index (χ4v) is 5.24. The maximum Gasteiger partial charge on any atom is 0.284 e. The molecule has 2 aliphatic heterocycles. The van der Waals surface area contributed by atoms with Gasteiger partial charge in [0.25, 0.3) is 10.0 Å². The first-order valence-corrected chi connectivity index (χ1v) is 12.5. The molecule has 0 aliphatic carbocycles. The summed E-state index contributed by atoms with van der Waals surface area (Å²) in [6, 6.07) is 5.63. The molecule has 2 fully saturated rings. The number of hydrogen-bond donors (Lipinski definition) is 1. The van der Waals surface area contributed by atoms with Crippen molar-refractivity contribution in [2.45, 2.75) is 69.2 Å². The van der Waals surface area contributed by atoms with Crippen molar-refractivity contribution in [1.82, 2.24) is 9.80 Å². The zero-order valence-electron chi connectivity index (χ0n) is 18.3. The molecule has 170 valence electrons. The topological polar surface area (TPSA) is 99.2 Å². The molecule has 0 spiro atoms. The average molecular weight is 449 g/mol. The van der Waals surface area contributed by atoms with Crippen molar-refractivity contribution in [2.24, 2.45) is 4.40 Å². The van der Waals surface area contributed by atoms with Crippen molar-refractivity contribution in [1.29, 1.82) is 0 Å². The number of amides is 2. The fraction of sp³-hybridized carbons (Fsp3) is 0.591. The van der Waals surface area contributed by atoms with Crippen LogP contribution in [-0.2, 0) is 19.6 Å². The van der Waals surface area contributed by atoms with Crippen LogP contribution in [0.4, 0.5) is 5.69 Å². The van der Waals surface area contributed by atoms with Gasteiger partial charge in [0, 0.05) is 38.7 Å². The largest absolute Gasteiger partial charge is 0.362 e. The van der Waals surface area contributed by atoms with Gasteiger partial charge in [-0.15, -0.1) is 4.40 Å². The third kappa shape index (κ3) is 5.84. The molecule has 2 amide bonds. The Morgan fingerprint density at radius 2 is 1.90 bits per heavy atom. The van der Waals surface area contributed by atoms with Gasteiger partial charge in [0.1, 0.15) is 11.9 Å². The minimum atomic E-state index is -3.89. The van der Waals surface area contributed by atoms with Crippen molar-refractivity contribution in [3.63, 3.8) is 0 Å². The second-order valence-electron chi connectivity index (χ2n) is 8.18. The number of hydrogen-bond acceptors (Lipinski definition) is 4. The summed E-state index contributed by atoms with van der Waals surface area (Å²) in [6.07, 6.45) is 6.36. The standard InChI is InChI=1S/C22H32N4O4S/c1-3-21(27)26-15-8-6-12-19(26)22(28)23-17-10-9-11-18(16-17)31(29,30)24-20-13-5-4-7-14-25(20)2/h9-11,16,19H,3-8,12-15H2,1-2H3,(H,23,28)/b24-20-. The van der Waals surface area contributed by atoms with Gasteiger partial charge in [-0.05, 0) is 50.3 Å². The van der Waals surface area contributed by atoms with E-state index in [0.717, 1.165) is 38.6 Å². The maximum atomic E-state index is 12.9. The Bertz CT molecular complexity index is 945. The van der Waals surface area contributed by atoms with Crippen molar-refractivity contribution in [3.8, 4) is 0 Å². The van der Waals surface area contributed by atoms with Gasteiger partial charge in [-0.1, -0.05) is 19.4 Å². The number of nitrogens with zero attached hydrogens (tertiary/aromatic N) is 3. The summed E-state index contributed by atoms with van der Waals surface area (Å²) in [4.78, 5) is 28.7. The third-order valence-corrected chi connectivity index (χ3v) is 7.19. The number of nitrogens with one attached hydrogen (secondary N) is 1. The molecular weight excluding hydrogens is 416 g/mol. The molecule has 3 rings (SSSR count). The maximum absolute atomic E-state index is 12.9. The van der Waals surface area contributed by atoms with Crippen LogP contribution in [0.15, 0.2) is 33.6 Å². The Hall–Kier alpha value is -2.42. The molecule has 0 radical (unpaired) electrons. The predicted octanol–water partition coefficient (Wildman–Crippen LogP) is 3.01. The number of carbonyl (C=O) groups excluding carboxylic acids is 2. The second kappa shape index (κ2) is 10.3. The van der Waals surface area contributed by atoms with Crippen molar-refractivity contribution in [2.75, 3.05) is 25.5 Å². The van der Waals surface area contributed by atoms with Gasteiger partial charge >= 0.3 is 0 Å². The molecule has 1 aromatic carbocycles. The smallest absolute Gasteiger partial charge is 0.284 e. The molecule has 2 saturated heterocycles. The Balaban J connectivity index is 1.78. The number of benzene rings is 1. The fourth-order valence-electron chi connectivity index (χ4n) is 4.10. The first-order valence-electron chi connectivity index (χ1n) is 11.1. The molecule has 1 atom stereocenters. The SMILES string of the molecule is CCC(=O)N1CCCCC1C(=O)Nc1cccc(S(=O)(=O)/N=C2/CCCCCN2C)c1. The van der Waals surface area contributed by atoms with E-state index in [1.807, 2.05) is 11.9 Å². The van der Waals surface area contributed by atoms with Gasteiger partial charge < -0.3 is 15.1 Å². The highest BCUT2D eigenvalue weighted by Crippen LogP contribution is 2.23. The van der Waals surface area contributed by atoms with Crippen LogP contribution >= 0.6 is 0 Å². The first-order chi connectivity index (χ1) is 14.8. The molecule has 9 heteroatoms. The van der Waals surface area contributed by atoms with Crippen LogP contribution in [0, 0.1) is 0 Å². The Morgan fingerprint density at radius 1 is 1.13 bits per heavy atom. The van der Waals surface area contributed by atoms with Crippen LogP contribution in [0.1, 0.15) is 58.3 Å². The van der Waals surface area contributed by atoms with Crippen LogP contribution in [0.5, 0.6) is 0 Å². The molecule has 0 saturated carbocycles. The molecule has 1 N–H and O–H groups in total. The van der Waals surface area contributed by atoms with E-state index < -0.39 is 16.1 Å². The van der Waals surface area contributed by atoms with Crippen LogP contribution < -0.4 is 5.32 Å². The van der Waals surface area contributed by atoms with E-state index in [2.05, 4.69) is 9.71 Å². The number of sulfonamides is 1. The lowest BCUT2D eigenvalue weighted by Crippen LogP contribution is -2.49. The quantitative estimate of drug-likeness (QED) is 0.746. The van der Waals surface area contributed by atoms with Gasteiger partial charge in [0.15, 0.2) is 0 Å². The summed E-state index contributed by atoms with van der Waals surface area (Å²) in [5.74, 6) is 0.244. The number of amidine groups is 1. The normalized spacial score (nSPS) is 21.6. The van der Waals surface area contributed by atoms with E-state index >= 15 is 0 Å². The van der Waals surface area contributed by atoms with E-state index in [9.17, 15) is 18.0 Å². The summed E-state index contributed by atoms with van der Waals surface area (Å²) in [7, 11) is -2.02. The van der Waals surface area contributed by atoms with Gasteiger partial charge in [0.2, 0.25) is 11.8 Å². The number of carbonyl (C=O) groups is 2. The van der Waals surface area contributed by atoms with E-state index in [0.29, 0.717) is 37.3 Å². The van der Waals surface area contributed by atoms with Gasteiger partial charge in [-0.2, -0.15) is 8.42 Å². The lowest BCUT2D eigenvalue weighted by Gasteiger charge is -2.34. The molecular formula is C22H32N4O4S. The highest BCUT2D eigenvalue weighted by Gasteiger charge is 2.31. The Morgan fingerprint density at radius 3 is 2.68 bits per heavy atom. The zero-order chi connectivity index (χ0) is 22.4. The van der Waals surface area contributed by atoms with Gasteiger partial charge in [0.05, 0.1) is 4.90 Å². The highest BCUT2D eigenvalue weighted by molar-refractivity contribution is 7.90. The monoisotopic (exact) mass is 448 g/mol. The Kier molecular flexibility index (Phi) is 7.69. The van der Waals surface area contributed by atoms with Crippen molar-refractivity contribution in [3.05, 3.63) is 24.3 Å². The molecule has 1 unspecified atom stereocenters. The minimum Gasteiger partial charge on any atom is -0.362 e. The average Bonchev–Trinajstić information content (AvgIpc) is 2.97. The van der Waals surface area contributed by atoms with Crippen molar-refractivity contribution < 1.29 is 18.0 Å². The Labute approximate surface area is 184 Å². The van der Waals surface area contributed by atoms with E-state index in [4.69, 9.17) is 0 Å². The van der Waals surface area contributed by atoms with Crippen LogP contribution in [-0.4, -0.2) is 62.0 Å². The summed E-state index contributed by atoms with van der Waals surface area (Å²) < 4.78 is 29.9. The summed E-state index contributed by atoms with van der Waals surface area (Å²) in [5, 5.41) is 2.80. The number of anilines is 1. The lowest BCUT2D eigenvalue weighted by molar-refractivity contribution is -0.140. The van der Waals surface area contributed by atoms with Gasteiger partial charge in [-0.25, -0.2) is 0 Å². The molecule has 31 heavy (non-hydrogen) atoms. The first kappa shape index (κ1) is 23.2. The van der Waals surface area contributed by atoms with Crippen LogP contribution in [0.25, 0.3) is 0 Å². The van der Waals surface area contributed by atoms with E-state index in [1.165, 1.54) is 12.1 Å². The number of rotatable bonds is 5. The second-order valence-corrected chi connectivity index (χ2v) is 9.79. The molecule has 2 aliphatic rings. The summed E-state index contributed by atoms with van der Waals surface area (Å²) in [5.41, 5.74) is 0.384. The zero-order valence-corrected chi connectivity index (χ0v) is 19.2. The molecule has 1 aromatic rings. The molecule has 2 heterocycles. The minimum absolute atomic E-state index is 0.0421. The summed E-state index contributed by atoms with van der Waals surface area (Å²) in [6.45, 7) is 3.15.